The summed E-state index contributed by atoms with van der Waals surface area (Å²) >= 11 is 0. The molecule has 2 nitrogen and oxygen atoms in total. The highest BCUT2D eigenvalue weighted by Gasteiger charge is 2.07. The molecule has 0 saturated heterocycles. The number of hydrogen-bond donors (Lipinski definition) is 0. The Morgan fingerprint density at radius 1 is 0.750 bits per heavy atom. The number of ether oxygens (including phenoxy) is 1. The zero-order valence-corrected chi connectivity index (χ0v) is 22.6. The van der Waals surface area contributed by atoms with Gasteiger partial charge in [-0.25, -0.2) is 0 Å². The van der Waals surface area contributed by atoms with Crippen LogP contribution in [-0.2, 0) is 9.53 Å². The van der Waals surface area contributed by atoms with Crippen LogP contribution in [0.15, 0.2) is 24.0 Å². The van der Waals surface area contributed by atoms with E-state index >= 15 is 0 Å². The Balaban J connectivity index is 3.71. The molecule has 0 spiro atoms. The minimum absolute atomic E-state index is 0.120. The van der Waals surface area contributed by atoms with Crippen LogP contribution in [0.1, 0.15) is 144 Å². The van der Waals surface area contributed by atoms with Crippen LogP contribution in [0.5, 0.6) is 0 Å². The summed E-state index contributed by atoms with van der Waals surface area (Å²) in [6.07, 6.45) is 25.1. The molecule has 0 radical (unpaired) electrons. The SMILES string of the molecule is CCCCCCC=COC(=O)CCC=C(C)CCCC(C)CCCC(C)CCCC(C)C. The fourth-order valence-corrected chi connectivity index (χ4v) is 4.19. The molecule has 2 unspecified atom stereocenters. The van der Waals surface area contributed by atoms with Crippen molar-refractivity contribution in [2.24, 2.45) is 17.8 Å². The molecule has 2 heteroatoms. The smallest absolute Gasteiger partial charge is 0.310 e. The summed E-state index contributed by atoms with van der Waals surface area (Å²) in [5.41, 5.74) is 1.41. The molecule has 2 atom stereocenters. The van der Waals surface area contributed by atoms with Crippen molar-refractivity contribution < 1.29 is 9.53 Å². The zero-order chi connectivity index (χ0) is 24.0. The van der Waals surface area contributed by atoms with Gasteiger partial charge in [-0.3, -0.25) is 4.79 Å². The third-order valence-electron chi connectivity index (χ3n) is 6.50. The number of allylic oxidation sites excluding steroid dienone is 3. The van der Waals surface area contributed by atoms with E-state index in [0.29, 0.717) is 6.42 Å². The van der Waals surface area contributed by atoms with Crippen molar-refractivity contribution in [3.8, 4) is 0 Å². The van der Waals surface area contributed by atoms with Crippen LogP contribution < -0.4 is 0 Å². The second kappa shape index (κ2) is 21.8. The van der Waals surface area contributed by atoms with E-state index in [0.717, 1.165) is 37.0 Å². The van der Waals surface area contributed by atoms with Crippen molar-refractivity contribution in [2.45, 2.75) is 144 Å². The van der Waals surface area contributed by atoms with Gasteiger partial charge in [0.2, 0.25) is 0 Å². The molecular formula is C30H56O2. The second-order valence-electron chi connectivity index (χ2n) is 10.7. The van der Waals surface area contributed by atoms with Crippen LogP contribution in [0.25, 0.3) is 0 Å². The van der Waals surface area contributed by atoms with Gasteiger partial charge in [-0.2, -0.15) is 0 Å². The van der Waals surface area contributed by atoms with Crippen molar-refractivity contribution in [3.05, 3.63) is 24.0 Å². The molecule has 0 fully saturated rings. The molecule has 0 N–H and O–H groups in total. The highest BCUT2D eigenvalue weighted by molar-refractivity contribution is 5.70. The number of hydrogen-bond acceptors (Lipinski definition) is 2. The molecule has 0 aliphatic rings. The molecule has 0 saturated carbocycles. The van der Waals surface area contributed by atoms with Crippen molar-refractivity contribution in [1.82, 2.24) is 0 Å². The lowest BCUT2D eigenvalue weighted by molar-refractivity contribution is -0.137. The van der Waals surface area contributed by atoms with Gasteiger partial charge in [0.1, 0.15) is 0 Å². The number of esters is 1. The van der Waals surface area contributed by atoms with Gasteiger partial charge in [-0.05, 0) is 62.9 Å². The predicted molar refractivity (Wildman–Crippen MR) is 142 cm³/mol. The largest absolute Gasteiger partial charge is 0.435 e. The van der Waals surface area contributed by atoms with E-state index in [1.54, 1.807) is 6.26 Å². The molecule has 0 bridgehead atoms. The summed E-state index contributed by atoms with van der Waals surface area (Å²) in [4.78, 5) is 11.8. The third-order valence-corrected chi connectivity index (χ3v) is 6.50. The molecular weight excluding hydrogens is 392 g/mol. The first-order valence-electron chi connectivity index (χ1n) is 13.8. The topological polar surface area (TPSA) is 26.3 Å². The van der Waals surface area contributed by atoms with E-state index in [1.165, 1.54) is 82.6 Å². The maximum atomic E-state index is 11.8. The Morgan fingerprint density at radius 3 is 2.00 bits per heavy atom. The van der Waals surface area contributed by atoms with E-state index in [2.05, 4.69) is 47.6 Å². The summed E-state index contributed by atoms with van der Waals surface area (Å²) in [6, 6.07) is 0. The maximum Gasteiger partial charge on any atom is 0.310 e. The average Bonchev–Trinajstić information content (AvgIpc) is 2.73. The van der Waals surface area contributed by atoms with Crippen LogP contribution in [0, 0.1) is 17.8 Å². The number of carbonyl (C=O) groups excluding carboxylic acids is 1. The van der Waals surface area contributed by atoms with Gasteiger partial charge in [-0.1, -0.05) is 110 Å². The highest BCUT2D eigenvalue weighted by atomic mass is 16.5. The summed E-state index contributed by atoms with van der Waals surface area (Å²) in [5, 5.41) is 0. The van der Waals surface area contributed by atoms with Crippen LogP contribution >= 0.6 is 0 Å². The molecule has 0 aliphatic heterocycles. The fourth-order valence-electron chi connectivity index (χ4n) is 4.19. The van der Waals surface area contributed by atoms with Crippen molar-refractivity contribution in [3.63, 3.8) is 0 Å². The Labute approximate surface area is 201 Å². The lowest BCUT2D eigenvalue weighted by Crippen LogP contribution is -2.00. The number of rotatable bonds is 21. The quantitative estimate of drug-likeness (QED) is 0.0755. The van der Waals surface area contributed by atoms with Gasteiger partial charge in [0, 0.05) is 6.42 Å². The molecule has 0 aromatic heterocycles. The normalized spacial score (nSPS) is 14.3. The summed E-state index contributed by atoms with van der Waals surface area (Å²) in [7, 11) is 0. The lowest BCUT2D eigenvalue weighted by atomic mass is 9.91. The Kier molecular flexibility index (Phi) is 21.1. The van der Waals surface area contributed by atoms with Crippen molar-refractivity contribution >= 4 is 5.97 Å². The zero-order valence-electron chi connectivity index (χ0n) is 22.6. The summed E-state index contributed by atoms with van der Waals surface area (Å²) in [6.45, 7) is 13.9. The van der Waals surface area contributed by atoms with Gasteiger partial charge in [0.05, 0.1) is 6.26 Å². The van der Waals surface area contributed by atoms with E-state index in [9.17, 15) is 4.79 Å². The Morgan fingerprint density at radius 2 is 1.38 bits per heavy atom. The first-order valence-corrected chi connectivity index (χ1v) is 13.8. The van der Waals surface area contributed by atoms with Crippen LogP contribution in [0.2, 0.25) is 0 Å². The summed E-state index contributed by atoms with van der Waals surface area (Å²) < 4.78 is 5.18. The number of carbonyl (C=O) groups is 1. The molecule has 188 valence electrons. The van der Waals surface area contributed by atoms with E-state index in [1.807, 2.05) is 6.08 Å². The number of unbranched alkanes of at least 4 members (excludes halogenated alkanes) is 4. The lowest BCUT2D eigenvalue weighted by Gasteiger charge is -2.15. The van der Waals surface area contributed by atoms with Gasteiger partial charge in [-0.15, -0.1) is 0 Å². The standard InChI is InChI=1S/C30H56O2/c1-7-8-9-10-11-12-25-32-30(31)24-16-23-29(6)22-15-21-28(5)20-14-19-27(4)18-13-17-26(2)3/h12,23,25-28H,7-11,13-22,24H2,1-6H3. The Bertz CT molecular complexity index is 489. The predicted octanol–water partition coefficient (Wildman–Crippen LogP) is 10.2. The van der Waals surface area contributed by atoms with Crippen LogP contribution in [0.3, 0.4) is 0 Å². The molecule has 32 heavy (non-hydrogen) atoms. The summed E-state index contributed by atoms with van der Waals surface area (Å²) in [5.74, 6) is 2.44. The van der Waals surface area contributed by atoms with Gasteiger partial charge < -0.3 is 4.74 Å². The van der Waals surface area contributed by atoms with Gasteiger partial charge >= 0.3 is 5.97 Å². The van der Waals surface area contributed by atoms with E-state index in [4.69, 9.17) is 4.74 Å². The van der Waals surface area contributed by atoms with Crippen molar-refractivity contribution in [1.29, 1.82) is 0 Å². The van der Waals surface area contributed by atoms with Gasteiger partial charge in [0.25, 0.3) is 0 Å². The molecule has 0 aromatic rings. The van der Waals surface area contributed by atoms with E-state index < -0.39 is 0 Å². The van der Waals surface area contributed by atoms with E-state index in [-0.39, 0.29) is 5.97 Å². The van der Waals surface area contributed by atoms with Gasteiger partial charge in [0.15, 0.2) is 0 Å². The van der Waals surface area contributed by atoms with Crippen LogP contribution in [-0.4, -0.2) is 5.97 Å². The third kappa shape index (κ3) is 22.2. The Hall–Kier alpha value is -1.05. The molecule has 0 aliphatic carbocycles. The first kappa shape index (κ1) is 30.9. The maximum absolute atomic E-state index is 11.8. The first-order chi connectivity index (χ1) is 15.3. The highest BCUT2D eigenvalue weighted by Crippen LogP contribution is 2.22. The molecule has 0 aromatic carbocycles. The molecule has 0 heterocycles. The molecule has 0 amide bonds. The monoisotopic (exact) mass is 448 g/mol. The second-order valence-corrected chi connectivity index (χ2v) is 10.7. The average molecular weight is 449 g/mol. The minimum atomic E-state index is -0.120. The van der Waals surface area contributed by atoms with Crippen molar-refractivity contribution in [2.75, 3.05) is 0 Å². The fraction of sp³-hybridized carbons (Fsp3) is 0.833. The van der Waals surface area contributed by atoms with Crippen LogP contribution in [0.4, 0.5) is 0 Å². The molecule has 0 rings (SSSR count). The minimum Gasteiger partial charge on any atom is -0.435 e.